The number of morpholine rings is 1. The number of amides is 1. The Morgan fingerprint density at radius 1 is 1.15 bits per heavy atom. The average molecular weight is 366 g/mol. The van der Waals surface area contributed by atoms with E-state index in [0.717, 1.165) is 46.9 Å². The van der Waals surface area contributed by atoms with Gasteiger partial charge < -0.3 is 14.5 Å². The normalized spacial score (nSPS) is 21.0. The van der Waals surface area contributed by atoms with Crippen LogP contribution in [0.2, 0.25) is 0 Å². The molecule has 1 amide bonds. The molecule has 0 spiro atoms. The van der Waals surface area contributed by atoms with Gasteiger partial charge in [0.15, 0.2) is 0 Å². The molecule has 2 heterocycles. The number of benzene rings is 2. The van der Waals surface area contributed by atoms with Gasteiger partial charge in [-0.25, -0.2) is 0 Å². The fourth-order valence-electron chi connectivity index (χ4n) is 4.06. The van der Waals surface area contributed by atoms with Crippen molar-refractivity contribution >= 4 is 27.6 Å². The van der Waals surface area contributed by atoms with Gasteiger partial charge in [0.25, 0.3) is 0 Å². The lowest BCUT2D eigenvalue weighted by atomic mass is 10.0. The van der Waals surface area contributed by atoms with Gasteiger partial charge in [-0.05, 0) is 30.7 Å². The van der Waals surface area contributed by atoms with Crippen LogP contribution in [0.3, 0.4) is 0 Å². The van der Waals surface area contributed by atoms with Crippen LogP contribution in [0, 0.1) is 0 Å². The molecule has 1 N–H and O–H groups in total. The van der Waals surface area contributed by atoms with Crippen LogP contribution < -0.4 is 5.32 Å². The fraction of sp³-hybridized carbons (Fsp3) is 0.409. The molecule has 4 rings (SSSR count). The number of carbonyl (C=O) groups is 1. The Kier molecular flexibility index (Phi) is 5.14. The SMILES string of the molecule is C[C@@H]1CN(CCNC(=O)Cc2coc3ccc4ccccc4c23)C[C@@H](C)O1. The van der Waals surface area contributed by atoms with E-state index in [0.29, 0.717) is 13.0 Å². The predicted molar refractivity (Wildman–Crippen MR) is 107 cm³/mol. The molecule has 0 saturated carbocycles. The minimum Gasteiger partial charge on any atom is -0.464 e. The number of nitrogens with zero attached hydrogens (tertiary/aromatic N) is 1. The van der Waals surface area contributed by atoms with Crippen LogP contribution in [0.25, 0.3) is 21.7 Å². The standard InChI is InChI=1S/C22H26N2O3/c1-15-12-24(13-16(2)27-15)10-9-23-21(25)11-18-14-26-20-8-7-17-5-3-4-6-19(17)22(18)20/h3-8,14-16H,9-13H2,1-2H3,(H,23,25)/t15-,16-/m1/s1. The smallest absolute Gasteiger partial charge is 0.224 e. The van der Waals surface area contributed by atoms with Crippen LogP contribution >= 0.6 is 0 Å². The Labute approximate surface area is 159 Å². The Hall–Kier alpha value is -2.37. The third kappa shape index (κ3) is 3.99. The van der Waals surface area contributed by atoms with E-state index in [9.17, 15) is 4.79 Å². The Morgan fingerprint density at radius 2 is 1.93 bits per heavy atom. The maximum absolute atomic E-state index is 12.5. The Morgan fingerprint density at radius 3 is 2.74 bits per heavy atom. The van der Waals surface area contributed by atoms with E-state index in [1.807, 2.05) is 18.2 Å². The third-order valence-electron chi connectivity index (χ3n) is 5.14. The van der Waals surface area contributed by atoms with E-state index >= 15 is 0 Å². The molecule has 3 aromatic rings. The van der Waals surface area contributed by atoms with Crippen LogP contribution in [-0.4, -0.2) is 49.2 Å². The molecule has 1 aromatic heterocycles. The number of fused-ring (bicyclic) bond motifs is 3. The molecule has 2 aromatic carbocycles. The van der Waals surface area contributed by atoms with Gasteiger partial charge in [-0.3, -0.25) is 9.69 Å². The summed E-state index contributed by atoms with van der Waals surface area (Å²) in [4.78, 5) is 14.8. The number of hydrogen-bond donors (Lipinski definition) is 1. The monoisotopic (exact) mass is 366 g/mol. The van der Waals surface area contributed by atoms with Gasteiger partial charge in [-0.2, -0.15) is 0 Å². The molecule has 27 heavy (non-hydrogen) atoms. The average Bonchev–Trinajstić information content (AvgIpc) is 3.04. The number of ether oxygens (including phenoxy) is 1. The van der Waals surface area contributed by atoms with Gasteiger partial charge in [0.05, 0.1) is 24.9 Å². The number of nitrogens with one attached hydrogen (secondary N) is 1. The Balaban J connectivity index is 1.39. The molecule has 2 atom stereocenters. The molecular weight excluding hydrogens is 340 g/mol. The van der Waals surface area contributed by atoms with Gasteiger partial charge in [0.2, 0.25) is 5.91 Å². The van der Waals surface area contributed by atoms with Gasteiger partial charge in [0, 0.05) is 37.1 Å². The van der Waals surface area contributed by atoms with Gasteiger partial charge >= 0.3 is 0 Å². The summed E-state index contributed by atoms with van der Waals surface area (Å²) in [5.74, 6) is 0.0278. The van der Waals surface area contributed by atoms with Crippen molar-refractivity contribution in [3.8, 4) is 0 Å². The topological polar surface area (TPSA) is 54.7 Å². The first-order valence-electron chi connectivity index (χ1n) is 9.62. The van der Waals surface area contributed by atoms with Crippen molar-refractivity contribution in [2.75, 3.05) is 26.2 Å². The molecule has 5 heteroatoms. The summed E-state index contributed by atoms with van der Waals surface area (Å²) in [5, 5.41) is 6.37. The summed E-state index contributed by atoms with van der Waals surface area (Å²) >= 11 is 0. The van der Waals surface area contributed by atoms with Crippen molar-refractivity contribution in [2.45, 2.75) is 32.5 Å². The van der Waals surface area contributed by atoms with Crippen molar-refractivity contribution in [1.82, 2.24) is 10.2 Å². The summed E-state index contributed by atoms with van der Waals surface area (Å²) in [6.45, 7) is 7.51. The Bertz CT molecular complexity index is 939. The summed E-state index contributed by atoms with van der Waals surface area (Å²) in [7, 11) is 0. The minimum absolute atomic E-state index is 0.0278. The highest BCUT2D eigenvalue weighted by Gasteiger charge is 2.21. The van der Waals surface area contributed by atoms with Crippen LogP contribution in [0.4, 0.5) is 0 Å². The van der Waals surface area contributed by atoms with Gasteiger partial charge in [-0.15, -0.1) is 0 Å². The molecule has 1 saturated heterocycles. The first kappa shape index (κ1) is 18.0. The van der Waals surface area contributed by atoms with Crippen molar-refractivity contribution in [1.29, 1.82) is 0 Å². The maximum Gasteiger partial charge on any atom is 0.224 e. The highest BCUT2D eigenvalue weighted by Crippen LogP contribution is 2.30. The third-order valence-corrected chi connectivity index (χ3v) is 5.14. The van der Waals surface area contributed by atoms with Crippen molar-refractivity contribution in [2.24, 2.45) is 0 Å². The number of carbonyl (C=O) groups excluding carboxylic acids is 1. The summed E-state index contributed by atoms with van der Waals surface area (Å²) in [5.41, 5.74) is 1.76. The predicted octanol–water partition coefficient (Wildman–Crippen LogP) is 3.35. The first-order valence-corrected chi connectivity index (χ1v) is 9.62. The quantitative estimate of drug-likeness (QED) is 0.752. The van der Waals surface area contributed by atoms with E-state index in [1.165, 1.54) is 0 Å². The van der Waals surface area contributed by atoms with Crippen LogP contribution in [0.5, 0.6) is 0 Å². The van der Waals surface area contributed by atoms with Gasteiger partial charge in [-0.1, -0.05) is 30.3 Å². The molecule has 1 fully saturated rings. The van der Waals surface area contributed by atoms with E-state index in [2.05, 4.69) is 42.3 Å². The van der Waals surface area contributed by atoms with Crippen molar-refractivity contribution in [3.63, 3.8) is 0 Å². The highest BCUT2D eigenvalue weighted by molar-refractivity contribution is 6.08. The number of furan rings is 1. The lowest BCUT2D eigenvalue weighted by molar-refractivity contribution is -0.120. The minimum atomic E-state index is 0.0278. The van der Waals surface area contributed by atoms with Crippen LogP contribution in [0.1, 0.15) is 19.4 Å². The van der Waals surface area contributed by atoms with E-state index in [4.69, 9.17) is 9.15 Å². The molecule has 0 aliphatic carbocycles. The zero-order valence-electron chi connectivity index (χ0n) is 15.9. The molecule has 1 aliphatic rings. The van der Waals surface area contributed by atoms with Gasteiger partial charge in [0.1, 0.15) is 5.58 Å². The van der Waals surface area contributed by atoms with E-state index in [1.54, 1.807) is 6.26 Å². The fourth-order valence-corrected chi connectivity index (χ4v) is 4.06. The number of rotatable bonds is 5. The van der Waals surface area contributed by atoms with Crippen molar-refractivity contribution < 1.29 is 13.9 Å². The summed E-state index contributed by atoms with van der Waals surface area (Å²) < 4.78 is 11.4. The largest absolute Gasteiger partial charge is 0.464 e. The van der Waals surface area contributed by atoms with Crippen LogP contribution in [0.15, 0.2) is 47.1 Å². The molecule has 0 unspecified atom stereocenters. The number of hydrogen-bond acceptors (Lipinski definition) is 4. The van der Waals surface area contributed by atoms with E-state index in [-0.39, 0.29) is 18.1 Å². The first-order chi connectivity index (χ1) is 13.1. The molecule has 0 bridgehead atoms. The zero-order valence-corrected chi connectivity index (χ0v) is 15.9. The van der Waals surface area contributed by atoms with Crippen molar-refractivity contribution in [3.05, 3.63) is 48.2 Å². The zero-order chi connectivity index (χ0) is 18.8. The lowest BCUT2D eigenvalue weighted by Gasteiger charge is -2.35. The molecule has 5 nitrogen and oxygen atoms in total. The second kappa shape index (κ2) is 7.71. The lowest BCUT2D eigenvalue weighted by Crippen LogP contribution is -2.48. The second-order valence-corrected chi connectivity index (χ2v) is 7.46. The summed E-state index contributed by atoms with van der Waals surface area (Å²) in [6.07, 6.45) is 2.53. The molecule has 1 aliphatic heterocycles. The molecule has 142 valence electrons. The van der Waals surface area contributed by atoms with E-state index < -0.39 is 0 Å². The highest BCUT2D eigenvalue weighted by atomic mass is 16.5. The van der Waals surface area contributed by atoms with Crippen LogP contribution in [-0.2, 0) is 16.0 Å². The maximum atomic E-state index is 12.5. The second-order valence-electron chi connectivity index (χ2n) is 7.46. The molecular formula is C22H26N2O3. The summed E-state index contributed by atoms with van der Waals surface area (Å²) in [6, 6.07) is 12.2. The molecule has 0 radical (unpaired) electrons.